The smallest absolute Gasteiger partial charge is 0.00668 e. The van der Waals surface area contributed by atoms with Crippen LogP contribution in [0.15, 0.2) is 0 Å². The Kier molecular flexibility index (Phi) is 7.35. The Bertz CT molecular complexity index is 110. The molecular weight excluding hydrogens is 158 g/mol. The molecule has 0 fully saturated rings. The summed E-state index contributed by atoms with van der Waals surface area (Å²) in [4.78, 5) is 0. The van der Waals surface area contributed by atoms with Crippen LogP contribution in [0.3, 0.4) is 0 Å². The third-order valence-corrected chi connectivity index (χ3v) is 2.48. The molecule has 0 saturated carbocycles. The van der Waals surface area contributed by atoms with Crippen molar-refractivity contribution in [2.75, 3.05) is 0 Å². The standard InChI is InChI=1S/C12H27N/c1-6-8-12(7-2)13-11(5)9-10(3)4/h10-13H,6-9H2,1-5H3. The van der Waals surface area contributed by atoms with Crippen LogP contribution in [0.2, 0.25) is 0 Å². The van der Waals surface area contributed by atoms with Gasteiger partial charge >= 0.3 is 0 Å². The fourth-order valence-electron chi connectivity index (χ4n) is 1.93. The molecule has 0 saturated heterocycles. The van der Waals surface area contributed by atoms with E-state index in [-0.39, 0.29) is 0 Å². The maximum absolute atomic E-state index is 3.70. The van der Waals surface area contributed by atoms with Crippen molar-refractivity contribution in [3.63, 3.8) is 0 Å². The average molecular weight is 185 g/mol. The lowest BCUT2D eigenvalue weighted by molar-refractivity contribution is 0.367. The molecule has 0 aromatic heterocycles. The molecule has 0 radical (unpaired) electrons. The molecule has 1 heteroatoms. The Labute approximate surface area is 84.3 Å². The highest BCUT2D eigenvalue weighted by molar-refractivity contribution is 4.70. The van der Waals surface area contributed by atoms with E-state index >= 15 is 0 Å². The van der Waals surface area contributed by atoms with Gasteiger partial charge in [0, 0.05) is 12.1 Å². The lowest BCUT2D eigenvalue weighted by Crippen LogP contribution is -2.36. The van der Waals surface area contributed by atoms with Gasteiger partial charge in [-0.2, -0.15) is 0 Å². The van der Waals surface area contributed by atoms with Gasteiger partial charge in [0.05, 0.1) is 0 Å². The predicted octanol–water partition coefficient (Wildman–Crippen LogP) is 3.59. The molecule has 0 aliphatic rings. The molecule has 1 N–H and O–H groups in total. The zero-order chi connectivity index (χ0) is 10.3. The Balaban J connectivity index is 3.65. The van der Waals surface area contributed by atoms with Crippen LogP contribution in [-0.2, 0) is 0 Å². The van der Waals surface area contributed by atoms with Gasteiger partial charge in [-0.1, -0.05) is 34.1 Å². The summed E-state index contributed by atoms with van der Waals surface area (Å²) in [6.45, 7) is 11.4. The first-order valence-corrected chi connectivity index (χ1v) is 5.86. The molecule has 0 aliphatic carbocycles. The van der Waals surface area contributed by atoms with E-state index in [9.17, 15) is 0 Å². The lowest BCUT2D eigenvalue weighted by atomic mass is 10.0. The second kappa shape index (κ2) is 7.37. The maximum Gasteiger partial charge on any atom is 0.00668 e. The predicted molar refractivity (Wildman–Crippen MR) is 61.0 cm³/mol. The van der Waals surface area contributed by atoms with Crippen molar-refractivity contribution in [2.45, 2.75) is 72.4 Å². The highest BCUT2D eigenvalue weighted by Gasteiger charge is 2.10. The summed E-state index contributed by atoms with van der Waals surface area (Å²) in [6.07, 6.45) is 5.16. The molecule has 0 aliphatic heterocycles. The van der Waals surface area contributed by atoms with Crippen LogP contribution < -0.4 is 5.32 Å². The van der Waals surface area contributed by atoms with Gasteiger partial charge in [-0.25, -0.2) is 0 Å². The van der Waals surface area contributed by atoms with Crippen LogP contribution in [0, 0.1) is 5.92 Å². The van der Waals surface area contributed by atoms with Crippen molar-refractivity contribution < 1.29 is 0 Å². The van der Waals surface area contributed by atoms with Crippen LogP contribution in [0.25, 0.3) is 0 Å². The van der Waals surface area contributed by atoms with Gasteiger partial charge in [-0.05, 0) is 32.1 Å². The van der Waals surface area contributed by atoms with Crippen molar-refractivity contribution in [1.82, 2.24) is 5.32 Å². The SMILES string of the molecule is CCCC(CC)NC(C)CC(C)C. The number of nitrogens with one attached hydrogen (secondary N) is 1. The zero-order valence-electron chi connectivity index (χ0n) is 10.1. The van der Waals surface area contributed by atoms with Crippen LogP contribution in [0.1, 0.15) is 60.3 Å². The minimum Gasteiger partial charge on any atom is -0.312 e. The minimum absolute atomic E-state index is 0.677. The van der Waals surface area contributed by atoms with E-state index in [4.69, 9.17) is 0 Å². The number of rotatable bonds is 7. The van der Waals surface area contributed by atoms with Gasteiger partial charge in [0.25, 0.3) is 0 Å². The molecule has 1 nitrogen and oxygen atoms in total. The van der Waals surface area contributed by atoms with Crippen molar-refractivity contribution >= 4 is 0 Å². The first kappa shape index (κ1) is 13.0. The topological polar surface area (TPSA) is 12.0 Å². The molecular formula is C12H27N. The molecule has 0 heterocycles. The van der Waals surface area contributed by atoms with E-state index in [0.29, 0.717) is 6.04 Å². The second-order valence-corrected chi connectivity index (χ2v) is 4.59. The fourth-order valence-corrected chi connectivity index (χ4v) is 1.93. The average Bonchev–Trinajstić information content (AvgIpc) is 2.02. The third-order valence-electron chi connectivity index (χ3n) is 2.48. The molecule has 0 amide bonds. The molecule has 0 bridgehead atoms. The largest absolute Gasteiger partial charge is 0.312 e. The molecule has 0 spiro atoms. The first-order chi connectivity index (χ1) is 6.10. The highest BCUT2D eigenvalue weighted by atomic mass is 14.9. The lowest BCUT2D eigenvalue weighted by Gasteiger charge is -2.23. The number of hydrogen-bond donors (Lipinski definition) is 1. The molecule has 2 unspecified atom stereocenters. The minimum atomic E-state index is 0.677. The van der Waals surface area contributed by atoms with E-state index in [0.717, 1.165) is 12.0 Å². The van der Waals surface area contributed by atoms with Gasteiger partial charge in [-0.15, -0.1) is 0 Å². The maximum atomic E-state index is 3.70. The van der Waals surface area contributed by atoms with Crippen LogP contribution in [0.4, 0.5) is 0 Å². The van der Waals surface area contributed by atoms with Gasteiger partial charge in [0.15, 0.2) is 0 Å². The summed E-state index contributed by atoms with van der Waals surface area (Å²) in [6, 6.07) is 1.41. The van der Waals surface area contributed by atoms with Crippen molar-refractivity contribution in [1.29, 1.82) is 0 Å². The summed E-state index contributed by atoms with van der Waals surface area (Å²) >= 11 is 0. The first-order valence-electron chi connectivity index (χ1n) is 5.86. The number of hydrogen-bond acceptors (Lipinski definition) is 1. The van der Waals surface area contributed by atoms with E-state index in [1.54, 1.807) is 0 Å². The van der Waals surface area contributed by atoms with Gasteiger partial charge in [0.2, 0.25) is 0 Å². The normalized spacial score (nSPS) is 16.2. The Morgan fingerprint density at radius 2 is 1.69 bits per heavy atom. The molecule has 80 valence electrons. The van der Waals surface area contributed by atoms with Crippen molar-refractivity contribution in [3.05, 3.63) is 0 Å². The summed E-state index contributed by atoms with van der Waals surface area (Å²) in [5.41, 5.74) is 0. The molecule has 13 heavy (non-hydrogen) atoms. The zero-order valence-corrected chi connectivity index (χ0v) is 10.1. The van der Waals surface area contributed by atoms with Crippen molar-refractivity contribution in [3.8, 4) is 0 Å². The Morgan fingerprint density at radius 1 is 1.08 bits per heavy atom. The van der Waals surface area contributed by atoms with Crippen LogP contribution in [0.5, 0.6) is 0 Å². The molecule has 2 atom stereocenters. The van der Waals surface area contributed by atoms with Gasteiger partial charge in [0.1, 0.15) is 0 Å². The molecule has 0 rings (SSSR count). The molecule has 0 aromatic rings. The van der Waals surface area contributed by atoms with Gasteiger partial charge < -0.3 is 5.32 Å². The summed E-state index contributed by atoms with van der Waals surface area (Å²) < 4.78 is 0. The van der Waals surface area contributed by atoms with Crippen LogP contribution in [-0.4, -0.2) is 12.1 Å². The van der Waals surface area contributed by atoms with E-state index < -0.39 is 0 Å². The second-order valence-electron chi connectivity index (χ2n) is 4.59. The van der Waals surface area contributed by atoms with E-state index in [2.05, 4.69) is 39.9 Å². The monoisotopic (exact) mass is 185 g/mol. The highest BCUT2D eigenvalue weighted by Crippen LogP contribution is 2.08. The quantitative estimate of drug-likeness (QED) is 0.639. The Morgan fingerprint density at radius 3 is 2.08 bits per heavy atom. The van der Waals surface area contributed by atoms with Crippen molar-refractivity contribution in [2.24, 2.45) is 5.92 Å². The fraction of sp³-hybridized carbons (Fsp3) is 1.00. The van der Waals surface area contributed by atoms with E-state index in [1.165, 1.54) is 25.7 Å². The van der Waals surface area contributed by atoms with Gasteiger partial charge in [-0.3, -0.25) is 0 Å². The Hall–Kier alpha value is -0.0400. The van der Waals surface area contributed by atoms with E-state index in [1.807, 2.05) is 0 Å². The van der Waals surface area contributed by atoms with Crippen LogP contribution >= 0.6 is 0 Å². The molecule has 0 aromatic carbocycles. The summed E-state index contributed by atoms with van der Waals surface area (Å²) in [7, 11) is 0. The summed E-state index contributed by atoms with van der Waals surface area (Å²) in [5.74, 6) is 0.807. The summed E-state index contributed by atoms with van der Waals surface area (Å²) in [5, 5.41) is 3.70. The third kappa shape index (κ3) is 7.06.